The van der Waals surface area contributed by atoms with Crippen molar-refractivity contribution in [2.45, 2.75) is 50.6 Å². The lowest BCUT2D eigenvalue weighted by atomic mass is 10.0. The maximum absolute atomic E-state index is 14.6. The Morgan fingerprint density at radius 1 is 0.891 bits per heavy atom. The molecule has 2 amide bonds. The predicted octanol–water partition coefficient (Wildman–Crippen LogP) is 6.52. The van der Waals surface area contributed by atoms with Crippen LogP contribution >= 0.6 is 15.9 Å². The second-order valence-corrected chi connectivity index (χ2v) is 13.8. The largest absolute Gasteiger partial charge is 0.497 e. The molecule has 0 fully saturated rings. The Labute approximate surface area is 280 Å². The molecule has 46 heavy (non-hydrogen) atoms. The highest BCUT2D eigenvalue weighted by atomic mass is 79.9. The van der Waals surface area contributed by atoms with Gasteiger partial charge in [-0.1, -0.05) is 89.4 Å². The van der Waals surface area contributed by atoms with Crippen LogP contribution in [0.25, 0.3) is 0 Å². The summed E-state index contributed by atoms with van der Waals surface area (Å²) in [4.78, 5) is 30.0. The van der Waals surface area contributed by atoms with Crippen LogP contribution in [-0.2, 0) is 32.6 Å². The average molecular weight is 707 g/mol. The number of sulfonamides is 1. The van der Waals surface area contributed by atoms with Crippen molar-refractivity contribution in [2.24, 2.45) is 0 Å². The molecular formula is C36H40BrN3O5S. The standard InChI is InChI=1S/C36H40BrN3O5S/c1-4-5-22-38-36(42)34(24-28-10-7-6-8-11-28)39(25-29-12-9-13-32(23-29)45-3)35(41)26-40(31-18-16-30(37)17-19-31)46(43,44)33-20-14-27(2)15-21-33/h6-21,23,34H,4-5,22,24-26H2,1-3H3,(H,38,42)/t34-/m0/s1. The fourth-order valence-corrected chi connectivity index (χ4v) is 6.68. The molecule has 4 rings (SSSR count). The molecule has 0 saturated heterocycles. The molecule has 4 aromatic rings. The third kappa shape index (κ3) is 9.20. The molecule has 0 bridgehead atoms. The fraction of sp³-hybridized carbons (Fsp3) is 0.278. The molecule has 0 aliphatic heterocycles. The van der Waals surface area contributed by atoms with Crippen molar-refractivity contribution in [1.29, 1.82) is 0 Å². The summed E-state index contributed by atoms with van der Waals surface area (Å²) in [6.07, 6.45) is 1.94. The molecule has 0 unspecified atom stereocenters. The van der Waals surface area contributed by atoms with Crippen LogP contribution in [0.5, 0.6) is 5.75 Å². The first-order chi connectivity index (χ1) is 22.1. The Morgan fingerprint density at radius 3 is 2.22 bits per heavy atom. The van der Waals surface area contributed by atoms with Gasteiger partial charge >= 0.3 is 0 Å². The minimum absolute atomic E-state index is 0.0614. The zero-order valence-corrected chi connectivity index (χ0v) is 28.8. The van der Waals surface area contributed by atoms with Gasteiger partial charge < -0.3 is 15.0 Å². The molecule has 0 aliphatic rings. The lowest BCUT2D eigenvalue weighted by Crippen LogP contribution is -2.53. The van der Waals surface area contributed by atoms with Crippen LogP contribution in [0.15, 0.2) is 112 Å². The smallest absolute Gasteiger partial charge is 0.264 e. The van der Waals surface area contributed by atoms with E-state index in [2.05, 4.69) is 21.2 Å². The summed E-state index contributed by atoms with van der Waals surface area (Å²) in [5.74, 6) is -0.214. The number of nitrogens with zero attached hydrogens (tertiary/aromatic N) is 2. The second-order valence-electron chi connectivity index (χ2n) is 11.0. The number of nitrogens with one attached hydrogen (secondary N) is 1. The molecular weight excluding hydrogens is 666 g/mol. The lowest BCUT2D eigenvalue weighted by molar-refractivity contribution is -0.140. The molecule has 0 heterocycles. The van der Waals surface area contributed by atoms with Crippen LogP contribution in [0.4, 0.5) is 5.69 Å². The van der Waals surface area contributed by atoms with Gasteiger partial charge in [0.2, 0.25) is 11.8 Å². The van der Waals surface area contributed by atoms with Gasteiger partial charge in [-0.05, 0) is 73.0 Å². The lowest BCUT2D eigenvalue weighted by Gasteiger charge is -2.34. The number of rotatable bonds is 15. The maximum atomic E-state index is 14.6. The van der Waals surface area contributed by atoms with Crippen LogP contribution in [0.1, 0.15) is 36.5 Å². The van der Waals surface area contributed by atoms with Crippen molar-refractivity contribution in [1.82, 2.24) is 10.2 Å². The molecule has 0 aliphatic carbocycles. The van der Waals surface area contributed by atoms with Gasteiger partial charge in [0.1, 0.15) is 18.3 Å². The topological polar surface area (TPSA) is 96.0 Å². The van der Waals surface area contributed by atoms with Crippen molar-refractivity contribution >= 4 is 43.5 Å². The van der Waals surface area contributed by atoms with Crippen molar-refractivity contribution < 1.29 is 22.7 Å². The predicted molar refractivity (Wildman–Crippen MR) is 185 cm³/mol. The van der Waals surface area contributed by atoms with Gasteiger partial charge in [-0.3, -0.25) is 13.9 Å². The minimum atomic E-state index is -4.17. The number of methoxy groups -OCH3 is 1. The third-order valence-corrected chi connectivity index (χ3v) is 9.91. The zero-order chi connectivity index (χ0) is 33.1. The molecule has 10 heteroatoms. The number of ether oxygens (including phenoxy) is 1. The Morgan fingerprint density at radius 2 is 1.57 bits per heavy atom. The first kappa shape index (κ1) is 34.7. The zero-order valence-electron chi connectivity index (χ0n) is 26.4. The third-order valence-electron chi connectivity index (χ3n) is 7.59. The first-order valence-electron chi connectivity index (χ1n) is 15.2. The summed E-state index contributed by atoms with van der Waals surface area (Å²) in [6.45, 7) is 3.93. The minimum Gasteiger partial charge on any atom is -0.497 e. The van der Waals surface area contributed by atoms with E-state index in [4.69, 9.17) is 4.74 Å². The Kier molecular flexibility index (Phi) is 12.4. The van der Waals surface area contributed by atoms with Crippen LogP contribution in [0.2, 0.25) is 0 Å². The van der Waals surface area contributed by atoms with Crippen LogP contribution < -0.4 is 14.4 Å². The highest BCUT2D eigenvalue weighted by molar-refractivity contribution is 9.10. The van der Waals surface area contributed by atoms with E-state index in [-0.39, 0.29) is 23.8 Å². The van der Waals surface area contributed by atoms with E-state index in [1.807, 2.05) is 62.4 Å². The maximum Gasteiger partial charge on any atom is 0.264 e. The monoisotopic (exact) mass is 705 g/mol. The normalized spacial score (nSPS) is 11.8. The van der Waals surface area contributed by atoms with Crippen LogP contribution in [-0.4, -0.2) is 51.4 Å². The van der Waals surface area contributed by atoms with Gasteiger partial charge in [0.15, 0.2) is 0 Å². The van der Waals surface area contributed by atoms with E-state index in [0.29, 0.717) is 18.0 Å². The van der Waals surface area contributed by atoms with E-state index >= 15 is 0 Å². The number of carbonyl (C=O) groups excluding carboxylic acids is 2. The molecule has 8 nitrogen and oxygen atoms in total. The summed E-state index contributed by atoms with van der Waals surface area (Å²) in [7, 11) is -2.61. The number of anilines is 1. The molecule has 0 aromatic heterocycles. The molecule has 1 N–H and O–H groups in total. The molecule has 242 valence electrons. The first-order valence-corrected chi connectivity index (χ1v) is 17.4. The SMILES string of the molecule is CCCCNC(=O)[C@H](Cc1ccccc1)N(Cc1cccc(OC)c1)C(=O)CN(c1ccc(Br)cc1)S(=O)(=O)c1ccc(C)cc1. The number of aryl methyl sites for hydroxylation is 1. The van der Waals surface area contributed by atoms with Gasteiger partial charge in [-0.15, -0.1) is 0 Å². The second kappa shape index (κ2) is 16.4. The van der Waals surface area contributed by atoms with E-state index in [1.165, 1.54) is 17.0 Å². The average Bonchev–Trinajstić information content (AvgIpc) is 3.06. The highest BCUT2D eigenvalue weighted by Gasteiger charge is 2.34. The summed E-state index contributed by atoms with van der Waals surface area (Å²) < 4.78 is 35.6. The van der Waals surface area contributed by atoms with Gasteiger partial charge in [0.25, 0.3) is 10.0 Å². The van der Waals surface area contributed by atoms with E-state index in [9.17, 15) is 18.0 Å². The summed E-state index contributed by atoms with van der Waals surface area (Å²) in [5.41, 5.74) is 2.85. The van der Waals surface area contributed by atoms with E-state index in [1.54, 1.807) is 49.6 Å². The number of carbonyl (C=O) groups is 2. The van der Waals surface area contributed by atoms with Gasteiger partial charge in [0.05, 0.1) is 17.7 Å². The molecule has 0 radical (unpaired) electrons. The van der Waals surface area contributed by atoms with E-state index in [0.717, 1.165) is 38.3 Å². The highest BCUT2D eigenvalue weighted by Crippen LogP contribution is 2.27. The molecule has 4 aromatic carbocycles. The van der Waals surface area contributed by atoms with Gasteiger partial charge in [-0.2, -0.15) is 0 Å². The van der Waals surface area contributed by atoms with Crippen molar-refractivity contribution in [3.05, 3.63) is 124 Å². The number of hydrogen-bond acceptors (Lipinski definition) is 5. The van der Waals surface area contributed by atoms with Crippen molar-refractivity contribution in [2.75, 3.05) is 24.5 Å². The fourth-order valence-electron chi connectivity index (χ4n) is 5.00. The Hall–Kier alpha value is -4.15. The summed E-state index contributed by atoms with van der Waals surface area (Å²) in [5, 5.41) is 3.01. The Bertz CT molecular complexity index is 1700. The summed E-state index contributed by atoms with van der Waals surface area (Å²) in [6, 6.07) is 29.1. The molecule has 1 atom stereocenters. The van der Waals surface area contributed by atoms with Crippen molar-refractivity contribution in [3.8, 4) is 5.75 Å². The molecule has 0 saturated carbocycles. The summed E-state index contributed by atoms with van der Waals surface area (Å²) >= 11 is 3.42. The number of amides is 2. The van der Waals surface area contributed by atoms with Gasteiger partial charge in [-0.25, -0.2) is 8.42 Å². The quantitative estimate of drug-likeness (QED) is 0.142. The van der Waals surface area contributed by atoms with Crippen LogP contribution in [0.3, 0.4) is 0 Å². The Balaban J connectivity index is 1.79. The van der Waals surface area contributed by atoms with Crippen molar-refractivity contribution in [3.63, 3.8) is 0 Å². The number of unbranched alkanes of at least 4 members (excludes halogenated alkanes) is 1. The molecule has 0 spiro atoms. The van der Waals surface area contributed by atoms with Gasteiger partial charge in [0, 0.05) is 24.0 Å². The number of halogens is 1. The number of hydrogen-bond donors (Lipinski definition) is 1. The number of benzene rings is 4. The van der Waals surface area contributed by atoms with E-state index < -0.39 is 28.5 Å². The van der Waals surface area contributed by atoms with Crippen LogP contribution in [0, 0.1) is 6.92 Å².